The molecule has 0 radical (unpaired) electrons. The summed E-state index contributed by atoms with van der Waals surface area (Å²) in [6.07, 6.45) is 9.52. The molecule has 91 heavy (non-hydrogen) atoms. The number of aromatic nitrogens is 18. The van der Waals surface area contributed by atoms with Gasteiger partial charge in [-0.05, 0) is 99.1 Å². The molecule has 450 valence electrons. The lowest BCUT2D eigenvalue weighted by Crippen LogP contribution is -2.28. The molecule has 0 spiro atoms. The zero-order chi connectivity index (χ0) is 62.7. The van der Waals surface area contributed by atoms with Crippen molar-refractivity contribution in [2.75, 3.05) is 16.0 Å². The molecule has 0 aliphatic rings. The van der Waals surface area contributed by atoms with Crippen molar-refractivity contribution in [2.24, 2.45) is 0 Å². The van der Waals surface area contributed by atoms with Gasteiger partial charge in [-0.3, -0.25) is 28.1 Å². The minimum Gasteiger partial charge on any atom is -0.358 e. The van der Waals surface area contributed by atoms with Gasteiger partial charge in [-0.2, -0.15) is 0 Å². The molecule has 9 aromatic heterocycles. The molecule has 9 heterocycles. The third-order valence-electron chi connectivity index (χ3n) is 14.8. The first-order valence-corrected chi connectivity index (χ1v) is 28.8. The van der Waals surface area contributed by atoms with E-state index in [-0.39, 0.29) is 34.0 Å². The molecule has 0 aliphatic heterocycles. The van der Waals surface area contributed by atoms with Gasteiger partial charge in [-0.1, -0.05) is 85.3 Å². The molecule has 6 N–H and O–H groups in total. The molecule has 15 rings (SSSR count). The maximum atomic E-state index is 14.5. The number of halogens is 3. The van der Waals surface area contributed by atoms with Crippen LogP contribution in [0.5, 0.6) is 0 Å². The summed E-state index contributed by atoms with van der Waals surface area (Å²) in [5.41, 5.74) is 5.79. The molecule has 0 fully saturated rings. The highest BCUT2D eigenvalue weighted by Crippen LogP contribution is 2.30. The molecular formula is C64H50ClF2N21O3. The van der Waals surface area contributed by atoms with E-state index >= 15 is 0 Å². The molecule has 27 heteroatoms. The highest BCUT2D eigenvalue weighted by atomic mass is 35.5. The van der Waals surface area contributed by atoms with Crippen LogP contribution in [0.3, 0.4) is 0 Å². The second kappa shape index (κ2) is 25.0. The van der Waals surface area contributed by atoms with Crippen LogP contribution in [0.4, 0.5) is 26.2 Å². The molecule has 0 aliphatic carbocycles. The SMILES string of the molecule is CC(Nc1ncnc2nc[nH]c12)c1nc2ccc(F)cc2c(=O)n1-c1ccccc1.CC(Nc1ncnc2nc[nH]c12)c1nc2cccc(Cl)c2c(=O)n1-c1ccccc1.CCC(Nc1ncnc2nc[nH]c12)c1nc2cccc(F)c2c(=O)n1-c1ccccc1. The number of hydrogen-bond donors (Lipinski definition) is 6. The third-order valence-corrected chi connectivity index (χ3v) is 15.1. The minimum absolute atomic E-state index is 0.0389. The Labute approximate surface area is 517 Å². The van der Waals surface area contributed by atoms with Gasteiger partial charge in [0.05, 0.1) is 86.5 Å². The number of para-hydroxylation sites is 3. The van der Waals surface area contributed by atoms with Crippen LogP contribution < -0.4 is 32.6 Å². The summed E-state index contributed by atoms with van der Waals surface area (Å²) < 4.78 is 32.9. The summed E-state index contributed by atoms with van der Waals surface area (Å²) in [6, 6.07) is 40.2. The smallest absolute Gasteiger partial charge is 0.269 e. The van der Waals surface area contributed by atoms with Crippen molar-refractivity contribution in [3.8, 4) is 17.1 Å². The molecule has 0 amide bonds. The van der Waals surface area contributed by atoms with Gasteiger partial charge in [0, 0.05) is 0 Å². The van der Waals surface area contributed by atoms with E-state index in [9.17, 15) is 23.2 Å². The van der Waals surface area contributed by atoms with E-state index in [1.807, 2.05) is 99.6 Å². The third kappa shape index (κ3) is 11.4. The predicted molar refractivity (Wildman–Crippen MR) is 343 cm³/mol. The highest BCUT2D eigenvalue weighted by Gasteiger charge is 2.25. The lowest BCUT2D eigenvalue weighted by molar-refractivity contribution is 0.628. The zero-order valence-corrected chi connectivity index (χ0v) is 49.1. The molecular weight excluding hydrogens is 1180 g/mol. The molecule has 15 aromatic rings. The average Bonchev–Trinajstić information content (AvgIpc) is 1.55. The number of H-pyrrole nitrogens is 3. The van der Waals surface area contributed by atoms with Gasteiger partial charge in [0.2, 0.25) is 0 Å². The standard InChI is InChI=1S/C22H18FN7O.C21H16ClN7O.C21H16FN7O/c1-2-15(28-20-18-19(25-11-24-18)26-12-27-20)21-29-16-10-6-9-14(23)17(16)22(31)30(21)13-7-4-3-5-8-13;1-12(27-19-17-18(24-10-23-17)25-11-26-19)20-28-15-9-5-8-14(22)16(15)21(30)29(20)13-6-3-2-4-7-13;1-12(27-19-17-18(24-10-23-17)25-11-26-19)20-28-16-8-7-13(22)9-15(16)21(30)29(20)14-5-3-2-4-6-14/h3-12,15H,2H2,1H3,(H2,24,25,26,27,28);2*2-12H,1H3,(H2,23,24,25,26,27). The highest BCUT2D eigenvalue weighted by molar-refractivity contribution is 6.35. The van der Waals surface area contributed by atoms with Gasteiger partial charge in [0.15, 0.2) is 34.4 Å². The Morgan fingerprint density at radius 1 is 0.462 bits per heavy atom. The van der Waals surface area contributed by atoms with E-state index in [2.05, 4.69) is 80.7 Å². The molecule has 24 nitrogen and oxygen atoms in total. The first kappa shape index (κ1) is 58.0. The van der Waals surface area contributed by atoms with E-state index in [1.165, 1.54) is 58.7 Å². The number of aromatic amines is 3. The van der Waals surface area contributed by atoms with Gasteiger partial charge in [0.1, 0.15) is 70.0 Å². The fourth-order valence-corrected chi connectivity index (χ4v) is 10.8. The maximum absolute atomic E-state index is 14.5. The number of fused-ring (bicyclic) bond motifs is 6. The average molecular weight is 1230 g/mol. The number of benzene rings is 6. The van der Waals surface area contributed by atoms with Crippen molar-refractivity contribution in [1.82, 2.24) is 88.5 Å². The molecule has 0 bridgehead atoms. The predicted octanol–water partition coefficient (Wildman–Crippen LogP) is 11.0. The summed E-state index contributed by atoms with van der Waals surface area (Å²) in [5, 5.41) is 10.9. The second-order valence-corrected chi connectivity index (χ2v) is 21.0. The molecule has 3 unspecified atom stereocenters. The van der Waals surface area contributed by atoms with Crippen LogP contribution in [-0.2, 0) is 0 Å². The Bertz CT molecular complexity index is 5360. The van der Waals surface area contributed by atoms with Gasteiger partial charge >= 0.3 is 0 Å². The Kier molecular flexibility index (Phi) is 15.9. The van der Waals surface area contributed by atoms with Crippen LogP contribution in [0, 0.1) is 11.6 Å². The number of nitrogens with one attached hydrogen (secondary N) is 6. The summed E-state index contributed by atoms with van der Waals surface area (Å²) in [7, 11) is 0. The van der Waals surface area contributed by atoms with Crippen molar-refractivity contribution < 1.29 is 8.78 Å². The van der Waals surface area contributed by atoms with Crippen LogP contribution in [0.2, 0.25) is 5.02 Å². The number of hydrogen-bond acceptors (Lipinski definition) is 18. The number of anilines is 3. The molecule has 3 atom stereocenters. The van der Waals surface area contributed by atoms with Crippen molar-refractivity contribution in [1.29, 1.82) is 0 Å². The molecule has 0 saturated heterocycles. The van der Waals surface area contributed by atoms with Crippen LogP contribution >= 0.6 is 11.6 Å². The normalized spacial score (nSPS) is 12.3. The molecule has 6 aromatic carbocycles. The summed E-state index contributed by atoms with van der Waals surface area (Å²) in [5.74, 6) is 2.04. The topological polar surface area (TPSA) is 304 Å². The van der Waals surface area contributed by atoms with Crippen LogP contribution in [0.25, 0.3) is 83.3 Å². The number of nitrogens with zero attached hydrogens (tertiary/aromatic N) is 15. The van der Waals surface area contributed by atoms with E-state index < -0.39 is 23.2 Å². The van der Waals surface area contributed by atoms with Crippen molar-refractivity contribution in [3.05, 3.63) is 249 Å². The van der Waals surface area contributed by atoms with Gasteiger partial charge in [-0.25, -0.2) is 68.6 Å². The largest absolute Gasteiger partial charge is 0.358 e. The van der Waals surface area contributed by atoms with Crippen molar-refractivity contribution >= 4 is 95.3 Å². The Balaban J connectivity index is 0.000000125. The molecule has 0 saturated carbocycles. The van der Waals surface area contributed by atoms with Gasteiger partial charge < -0.3 is 30.9 Å². The zero-order valence-electron chi connectivity index (χ0n) is 48.3. The lowest BCUT2D eigenvalue weighted by Gasteiger charge is -2.22. The summed E-state index contributed by atoms with van der Waals surface area (Å²) in [6.45, 7) is 5.77. The minimum atomic E-state index is -0.595. The Morgan fingerprint density at radius 2 is 0.890 bits per heavy atom. The Hall–Kier alpha value is -12.1. The van der Waals surface area contributed by atoms with Crippen molar-refractivity contribution in [2.45, 2.75) is 45.3 Å². The first-order chi connectivity index (χ1) is 44.4. The van der Waals surface area contributed by atoms with E-state index in [1.54, 1.807) is 59.7 Å². The number of rotatable bonds is 13. The second-order valence-electron chi connectivity index (χ2n) is 20.6. The lowest BCUT2D eigenvalue weighted by atomic mass is 10.1. The first-order valence-electron chi connectivity index (χ1n) is 28.4. The van der Waals surface area contributed by atoms with Crippen LogP contribution in [0.15, 0.2) is 198 Å². The quantitative estimate of drug-likeness (QED) is 0.0625. The summed E-state index contributed by atoms with van der Waals surface area (Å²) in [4.78, 5) is 101. The summed E-state index contributed by atoms with van der Waals surface area (Å²) >= 11 is 6.34. The maximum Gasteiger partial charge on any atom is 0.269 e. The van der Waals surface area contributed by atoms with E-state index in [0.717, 1.165) is 0 Å². The fraction of sp³-hybridized carbons (Fsp3) is 0.109. The van der Waals surface area contributed by atoms with E-state index in [4.69, 9.17) is 21.6 Å². The van der Waals surface area contributed by atoms with Gasteiger partial charge in [0.25, 0.3) is 16.7 Å². The van der Waals surface area contributed by atoms with Crippen LogP contribution in [-0.4, -0.2) is 88.5 Å². The van der Waals surface area contributed by atoms with Crippen molar-refractivity contribution in [3.63, 3.8) is 0 Å². The van der Waals surface area contributed by atoms with Crippen LogP contribution in [0.1, 0.15) is 62.8 Å². The fourth-order valence-electron chi connectivity index (χ4n) is 10.6. The Morgan fingerprint density at radius 3 is 1.40 bits per heavy atom. The number of imidazole rings is 3. The van der Waals surface area contributed by atoms with Gasteiger partial charge in [-0.15, -0.1) is 0 Å². The monoisotopic (exact) mass is 1230 g/mol. The van der Waals surface area contributed by atoms with E-state index in [0.29, 0.717) is 119 Å².